The molecule has 1 aromatic rings. The standard InChI is InChI=1S/C15H26OS/c1-11(2)14(6,7)15(16,13(3,4)5)12-9-8-10-17-12/h8-11,16H,1-7H3. The molecule has 1 rings (SSSR count). The minimum atomic E-state index is -0.803. The Morgan fingerprint density at radius 3 is 1.94 bits per heavy atom. The Balaban J connectivity index is 3.42. The molecule has 0 aliphatic rings. The highest BCUT2D eigenvalue weighted by Gasteiger charge is 2.54. The summed E-state index contributed by atoms with van der Waals surface area (Å²) in [7, 11) is 0. The lowest BCUT2D eigenvalue weighted by atomic mass is 9.57. The Morgan fingerprint density at radius 1 is 1.12 bits per heavy atom. The predicted octanol–water partition coefficient (Wildman–Crippen LogP) is 4.66. The van der Waals surface area contributed by atoms with Crippen LogP contribution >= 0.6 is 11.3 Å². The van der Waals surface area contributed by atoms with Gasteiger partial charge < -0.3 is 5.11 Å². The Hall–Kier alpha value is -0.340. The molecule has 0 aliphatic carbocycles. The predicted molar refractivity (Wildman–Crippen MR) is 76.3 cm³/mol. The molecule has 0 saturated heterocycles. The number of aliphatic hydroxyl groups is 1. The molecule has 0 spiro atoms. The van der Waals surface area contributed by atoms with Gasteiger partial charge in [-0.05, 0) is 22.8 Å². The number of hydrogen-bond acceptors (Lipinski definition) is 2. The normalized spacial score (nSPS) is 17.2. The van der Waals surface area contributed by atoms with Gasteiger partial charge in [0.1, 0.15) is 5.60 Å². The summed E-state index contributed by atoms with van der Waals surface area (Å²) in [6.07, 6.45) is 0. The van der Waals surface area contributed by atoms with Gasteiger partial charge in [0.15, 0.2) is 0 Å². The molecule has 0 aliphatic heterocycles. The van der Waals surface area contributed by atoms with Crippen LogP contribution in [0.2, 0.25) is 0 Å². The monoisotopic (exact) mass is 254 g/mol. The van der Waals surface area contributed by atoms with Crippen molar-refractivity contribution in [3.05, 3.63) is 22.4 Å². The fraction of sp³-hybridized carbons (Fsp3) is 0.733. The summed E-state index contributed by atoms with van der Waals surface area (Å²) in [5, 5.41) is 13.5. The van der Waals surface area contributed by atoms with Crippen molar-refractivity contribution in [2.45, 2.75) is 54.1 Å². The molecule has 1 N–H and O–H groups in total. The third-order valence-corrected chi connectivity index (χ3v) is 5.32. The van der Waals surface area contributed by atoms with E-state index in [1.807, 2.05) is 11.4 Å². The average Bonchev–Trinajstić information content (AvgIpc) is 2.66. The molecule has 17 heavy (non-hydrogen) atoms. The highest BCUT2D eigenvalue weighted by atomic mass is 32.1. The smallest absolute Gasteiger partial charge is 0.109 e. The van der Waals surface area contributed by atoms with E-state index in [2.05, 4.69) is 54.5 Å². The summed E-state index contributed by atoms with van der Waals surface area (Å²) in [6.45, 7) is 15.1. The number of hydrogen-bond donors (Lipinski definition) is 1. The van der Waals surface area contributed by atoms with Crippen molar-refractivity contribution in [1.82, 2.24) is 0 Å². The maximum atomic E-state index is 11.4. The van der Waals surface area contributed by atoms with E-state index in [4.69, 9.17) is 0 Å². The molecule has 0 fully saturated rings. The Morgan fingerprint density at radius 2 is 1.65 bits per heavy atom. The van der Waals surface area contributed by atoms with Crippen LogP contribution in [0.1, 0.15) is 53.3 Å². The van der Waals surface area contributed by atoms with Gasteiger partial charge in [-0.15, -0.1) is 11.3 Å². The van der Waals surface area contributed by atoms with Crippen molar-refractivity contribution in [2.24, 2.45) is 16.7 Å². The van der Waals surface area contributed by atoms with Gasteiger partial charge in [-0.1, -0.05) is 54.5 Å². The lowest BCUT2D eigenvalue weighted by molar-refractivity contribution is -0.166. The molecule has 1 aromatic heterocycles. The summed E-state index contributed by atoms with van der Waals surface area (Å²) in [4.78, 5) is 1.07. The van der Waals surface area contributed by atoms with E-state index in [1.165, 1.54) is 0 Å². The Kier molecular flexibility index (Phi) is 3.81. The van der Waals surface area contributed by atoms with Crippen molar-refractivity contribution >= 4 is 11.3 Å². The minimum absolute atomic E-state index is 0.171. The average molecular weight is 254 g/mol. The molecule has 0 saturated carbocycles. The zero-order valence-electron chi connectivity index (χ0n) is 12.2. The summed E-state index contributed by atoms with van der Waals surface area (Å²) >= 11 is 1.65. The van der Waals surface area contributed by atoms with Gasteiger partial charge in [-0.25, -0.2) is 0 Å². The van der Waals surface area contributed by atoms with Crippen molar-refractivity contribution in [1.29, 1.82) is 0 Å². The minimum Gasteiger partial charge on any atom is -0.383 e. The van der Waals surface area contributed by atoms with Crippen LogP contribution in [0.3, 0.4) is 0 Å². The second-order valence-corrected chi connectivity index (χ2v) is 7.76. The zero-order valence-corrected chi connectivity index (χ0v) is 13.0. The fourth-order valence-corrected chi connectivity index (χ4v) is 3.76. The molecule has 0 aromatic carbocycles. The first-order chi connectivity index (χ1) is 7.55. The first-order valence-electron chi connectivity index (χ1n) is 6.31. The van der Waals surface area contributed by atoms with Gasteiger partial charge in [0, 0.05) is 10.3 Å². The van der Waals surface area contributed by atoms with E-state index in [9.17, 15) is 5.11 Å². The van der Waals surface area contributed by atoms with Crippen molar-refractivity contribution in [3.8, 4) is 0 Å². The van der Waals surface area contributed by atoms with Crippen molar-refractivity contribution < 1.29 is 5.11 Å². The third-order valence-electron chi connectivity index (χ3n) is 4.34. The summed E-state index contributed by atoms with van der Waals surface area (Å²) < 4.78 is 0. The zero-order chi connectivity index (χ0) is 13.5. The second kappa shape index (κ2) is 4.40. The van der Waals surface area contributed by atoms with Crippen LogP contribution in [0.5, 0.6) is 0 Å². The summed E-state index contributed by atoms with van der Waals surface area (Å²) in [6, 6.07) is 4.08. The van der Waals surface area contributed by atoms with Gasteiger partial charge in [0.05, 0.1) is 0 Å². The molecule has 98 valence electrons. The van der Waals surface area contributed by atoms with Crippen LogP contribution in [-0.2, 0) is 5.60 Å². The quantitative estimate of drug-likeness (QED) is 0.831. The van der Waals surface area contributed by atoms with Crippen LogP contribution in [0, 0.1) is 16.7 Å². The number of rotatable bonds is 3. The topological polar surface area (TPSA) is 20.2 Å². The second-order valence-electron chi connectivity index (χ2n) is 6.81. The Bertz CT molecular complexity index is 357. The van der Waals surface area contributed by atoms with Crippen LogP contribution in [-0.4, -0.2) is 5.11 Å². The SMILES string of the molecule is CC(C)C(C)(C)C(O)(c1cccs1)C(C)(C)C. The first kappa shape index (κ1) is 14.7. The molecule has 1 nitrogen and oxygen atoms in total. The molecule has 1 heterocycles. The lowest BCUT2D eigenvalue weighted by Crippen LogP contribution is -2.53. The molecular weight excluding hydrogens is 228 g/mol. The third kappa shape index (κ3) is 2.17. The molecular formula is C15H26OS. The molecule has 1 atom stereocenters. The lowest BCUT2D eigenvalue weighted by Gasteiger charge is -2.52. The van der Waals surface area contributed by atoms with E-state index in [1.54, 1.807) is 11.3 Å². The maximum Gasteiger partial charge on any atom is 0.109 e. The first-order valence-corrected chi connectivity index (χ1v) is 7.19. The van der Waals surface area contributed by atoms with Crippen LogP contribution < -0.4 is 0 Å². The van der Waals surface area contributed by atoms with E-state index in [0.717, 1.165) is 4.88 Å². The summed E-state index contributed by atoms with van der Waals surface area (Å²) in [5.41, 5.74) is -1.16. The van der Waals surface area contributed by atoms with Crippen LogP contribution in [0.15, 0.2) is 17.5 Å². The molecule has 0 amide bonds. The van der Waals surface area contributed by atoms with Gasteiger partial charge in [0.2, 0.25) is 0 Å². The highest BCUT2D eigenvalue weighted by molar-refractivity contribution is 7.10. The number of thiophene rings is 1. The highest BCUT2D eigenvalue weighted by Crippen LogP contribution is 2.55. The molecule has 1 unspecified atom stereocenters. The maximum absolute atomic E-state index is 11.4. The molecule has 0 bridgehead atoms. The van der Waals surface area contributed by atoms with Crippen molar-refractivity contribution in [2.75, 3.05) is 0 Å². The van der Waals surface area contributed by atoms with Crippen LogP contribution in [0.25, 0.3) is 0 Å². The van der Waals surface area contributed by atoms with E-state index in [-0.39, 0.29) is 10.8 Å². The largest absolute Gasteiger partial charge is 0.383 e. The van der Waals surface area contributed by atoms with E-state index >= 15 is 0 Å². The fourth-order valence-electron chi connectivity index (χ4n) is 2.56. The van der Waals surface area contributed by atoms with E-state index in [0.29, 0.717) is 5.92 Å². The summed E-state index contributed by atoms with van der Waals surface area (Å²) in [5.74, 6) is 0.411. The van der Waals surface area contributed by atoms with Gasteiger partial charge in [0.25, 0.3) is 0 Å². The van der Waals surface area contributed by atoms with E-state index < -0.39 is 5.60 Å². The van der Waals surface area contributed by atoms with Gasteiger partial charge in [-0.3, -0.25) is 0 Å². The Labute approximate surface area is 110 Å². The van der Waals surface area contributed by atoms with Crippen LogP contribution in [0.4, 0.5) is 0 Å². The molecule has 2 heteroatoms. The molecule has 0 radical (unpaired) electrons. The van der Waals surface area contributed by atoms with Gasteiger partial charge >= 0.3 is 0 Å². The van der Waals surface area contributed by atoms with Gasteiger partial charge in [-0.2, -0.15) is 0 Å². The van der Waals surface area contributed by atoms with Crippen molar-refractivity contribution in [3.63, 3.8) is 0 Å².